The van der Waals surface area contributed by atoms with Gasteiger partial charge in [-0.2, -0.15) is 0 Å². The van der Waals surface area contributed by atoms with Gasteiger partial charge in [0.1, 0.15) is 35.5 Å². The van der Waals surface area contributed by atoms with E-state index in [1.165, 1.54) is 31.2 Å². The van der Waals surface area contributed by atoms with Gasteiger partial charge in [-0.05, 0) is 30.5 Å². The Bertz CT molecular complexity index is 1630. The molecule has 19 heteroatoms. The molecule has 0 aliphatic heterocycles. The number of carbonyl (C=O) groups is 7. The maximum atomic E-state index is 13.9. The molecule has 0 aliphatic rings. The molecule has 6 N–H and O–H groups in total. The number of carboxylic acids is 1. The van der Waals surface area contributed by atoms with E-state index in [1.807, 2.05) is 5.32 Å². The summed E-state index contributed by atoms with van der Waals surface area (Å²) in [4.78, 5) is 86.9. The average molecular weight is 717 g/mol. The first kappa shape index (κ1) is 40.6. The Labute approximate surface area is 280 Å². The van der Waals surface area contributed by atoms with Gasteiger partial charge in [-0.15, -0.1) is 0 Å². The number of carboxylic acid groups (broad SMARTS) is 1. The van der Waals surface area contributed by atoms with Crippen molar-refractivity contribution in [3.05, 3.63) is 64.5 Å². The van der Waals surface area contributed by atoms with Crippen molar-refractivity contribution in [1.82, 2.24) is 21.3 Å². The highest BCUT2D eigenvalue weighted by Crippen LogP contribution is 2.23. The fourth-order valence-corrected chi connectivity index (χ4v) is 4.29. The molecule has 2 rings (SSSR count). The lowest BCUT2D eigenvalue weighted by Crippen LogP contribution is -2.58. The van der Waals surface area contributed by atoms with Crippen LogP contribution in [0.5, 0.6) is 5.75 Å². The SMILES string of the molecule is CC(=O)N[C@@H](Cc1ccc(O)cc1)C(=O)N[C@H](C(=O)N[C@@H](C)C(=O)NC(CC(=O)O)C(=O)COC(=O)c1c(F)c(F)c(F)c(F)c1F)C(C)C. The molecule has 0 aromatic heterocycles. The van der Waals surface area contributed by atoms with Crippen molar-refractivity contribution < 1.29 is 70.5 Å². The topological polar surface area (TPSA) is 217 Å². The summed E-state index contributed by atoms with van der Waals surface area (Å²) in [5.41, 5.74) is -1.45. The van der Waals surface area contributed by atoms with Crippen LogP contribution in [0.2, 0.25) is 0 Å². The molecule has 0 fully saturated rings. The molecule has 272 valence electrons. The highest BCUT2D eigenvalue weighted by molar-refractivity contribution is 5.98. The first-order valence-electron chi connectivity index (χ1n) is 14.6. The molecule has 2 aromatic carbocycles. The highest BCUT2D eigenvalue weighted by atomic mass is 19.2. The van der Waals surface area contributed by atoms with Crippen LogP contribution in [0.15, 0.2) is 24.3 Å². The zero-order valence-electron chi connectivity index (χ0n) is 26.9. The van der Waals surface area contributed by atoms with E-state index in [2.05, 4.69) is 20.7 Å². The van der Waals surface area contributed by atoms with Gasteiger partial charge < -0.3 is 36.2 Å². The number of hydrogen-bond donors (Lipinski definition) is 6. The van der Waals surface area contributed by atoms with E-state index in [4.69, 9.17) is 0 Å². The van der Waals surface area contributed by atoms with Crippen LogP contribution in [0.25, 0.3) is 0 Å². The molecular weight excluding hydrogens is 683 g/mol. The molecule has 1 unspecified atom stereocenters. The number of carbonyl (C=O) groups excluding carboxylic acids is 6. The van der Waals surface area contributed by atoms with Gasteiger partial charge in [0.2, 0.25) is 29.4 Å². The van der Waals surface area contributed by atoms with E-state index in [1.54, 1.807) is 13.8 Å². The van der Waals surface area contributed by atoms with Gasteiger partial charge in [0.15, 0.2) is 35.7 Å². The normalized spacial score (nSPS) is 13.3. The summed E-state index contributed by atoms with van der Waals surface area (Å²) in [6.45, 7) is 3.93. The molecule has 4 atom stereocenters. The second-order valence-corrected chi connectivity index (χ2v) is 11.2. The van der Waals surface area contributed by atoms with Crippen LogP contribution in [-0.2, 0) is 39.9 Å². The molecule has 0 aliphatic carbocycles. The van der Waals surface area contributed by atoms with E-state index in [-0.39, 0.29) is 12.2 Å². The lowest BCUT2D eigenvalue weighted by molar-refractivity contribution is -0.141. The number of ether oxygens (including phenoxy) is 1. The molecule has 0 saturated carbocycles. The molecule has 0 saturated heterocycles. The minimum atomic E-state index is -2.56. The summed E-state index contributed by atoms with van der Waals surface area (Å²) < 4.78 is 72.3. The Hall–Kier alpha value is -5.62. The van der Waals surface area contributed by atoms with Crippen LogP contribution >= 0.6 is 0 Å². The van der Waals surface area contributed by atoms with Gasteiger partial charge in [0, 0.05) is 13.3 Å². The third-order valence-electron chi connectivity index (χ3n) is 6.91. The second-order valence-electron chi connectivity index (χ2n) is 11.2. The minimum Gasteiger partial charge on any atom is -0.508 e. The van der Waals surface area contributed by atoms with E-state index >= 15 is 0 Å². The van der Waals surface area contributed by atoms with Gasteiger partial charge in [-0.25, -0.2) is 26.7 Å². The fraction of sp³-hybridized carbons (Fsp3) is 0.387. The predicted octanol–water partition coefficient (Wildman–Crippen LogP) is 1.17. The van der Waals surface area contributed by atoms with Gasteiger partial charge in [-0.1, -0.05) is 26.0 Å². The van der Waals surface area contributed by atoms with Crippen LogP contribution < -0.4 is 21.3 Å². The van der Waals surface area contributed by atoms with Crippen molar-refractivity contribution >= 4 is 41.4 Å². The Morgan fingerprint density at radius 2 is 1.26 bits per heavy atom. The third kappa shape index (κ3) is 11.0. The maximum absolute atomic E-state index is 13.9. The molecule has 0 heterocycles. The van der Waals surface area contributed by atoms with E-state index < -0.39 is 119 Å². The molecule has 14 nitrogen and oxygen atoms in total. The van der Waals surface area contributed by atoms with Crippen LogP contribution in [-0.4, -0.2) is 82.3 Å². The minimum absolute atomic E-state index is 0.0210. The number of esters is 1. The van der Waals surface area contributed by atoms with E-state index in [9.17, 15) is 65.7 Å². The predicted molar refractivity (Wildman–Crippen MR) is 159 cm³/mol. The van der Waals surface area contributed by atoms with Gasteiger partial charge in [0.05, 0.1) is 6.42 Å². The quantitative estimate of drug-likeness (QED) is 0.0631. The third-order valence-corrected chi connectivity index (χ3v) is 6.91. The Morgan fingerprint density at radius 3 is 1.76 bits per heavy atom. The van der Waals surface area contributed by atoms with Crippen LogP contribution in [0.1, 0.15) is 50.0 Å². The summed E-state index contributed by atoms with van der Waals surface area (Å²) in [6, 6.07) is -0.127. The van der Waals surface area contributed by atoms with E-state index in [0.717, 1.165) is 6.92 Å². The van der Waals surface area contributed by atoms with Gasteiger partial charge in [0.25, 0.3) is 0 Å². The molecule has 0 bridgehead atoms. The lowest BCUT2D eigenvalue weighted by Gasteiger charge is -2.27. The van der Waals surface area contributed by atoms with Crippen molar-refractivity contribution in [2.24, 2.45) is 5.92 Å². The first-order chi connectivity index (χ1) is 23.2. The number of phenols is 1. The molecule has 50 heavy (non-hydrogen) atoms. The first-order valence-corrected chi connectivity index (χ1v) is 14.6. The smallest absolute Gasteiger partial charge is 0.344 e. The van der Waals surface area contributed by atoms with Crippen molar-refractivity contribution in [2.75, 3.05) is 6.61 Å². The second kappa shape index (κ2) is 17.7. The average Bonchev–Trinajstić information content (AvgIpc) is 3.03. The monoisotopic (exact) mass is 716 g/mol. The Kier molecular flexibility index (Phi) is 14.3. The highest BCUT2D eigenvalue weighted by Gasteiger charge is 2.34. The number of nitrogens with one attached hydrogen (secondary N) is 4. The number of aromatic hydroxyl groups is 1. The van der Waals surface area contributed by atoms with Crippen LogP contribution in [0.3, 0.4) is 0 Å². The zero-order chi connectivity index (χ0) is 38.0. The number of halogens is 5. The summed E-state index contributed by atoms with van der Waals surface area (Å²) in [6.07, 6.45) is -1.14. The Balaban J connectivity index is 2.12. The summed E-state index contributed by atoms with van der Waals surface area (Å²) >= 11 is 0. The molecule has 2 aromatic rings. The molecule has 4 amide bonds. The number of amides is 4. The standard InChI is InChI=1S/C31H33F5N4O10/c1-12(2)27(40-29(47)18(38-14(4)41)9-15-5-7-16(42)8-6-15)30(48)37-13(3)28(46)39-17(10-20(44)45)19(43)11-50-31(49)21-22(32)24(34)26(36)25(35)23(21)33/h5-8,12-13,17-18,27,42H,9-11H2,1-4H3,(H,37,48)(H,38,41)(H,39,46)(H,40,47)(H,44,45)/t13-,17?,18-,27-/m0/s1. The zero-order valence-corrected chi connectivity index (χ0v) is 26.9. The summed E-state index contributed by atoms with van der Waals surface area (Å²) in [5.74, 6) is -21.8. The number of benzene rings is 2. The summed E-state index contributed by atoms with van der Waals surface area (Å²) in [5, 5.41) is 27.9. The molecular formula is C31H33F5N4O10. The molecule has 0 spiro atoms. The number of aliphatic carboxylic acids is 1. The van der Waals surface area contributed by atoms with Crippen molar-refractivity contribution in [1.29, 1.82) is 0 Å². The van der Waals surface area contributed by atoms with Crippen molar-refractivity contribution in [3.8, 4) is 5.75 Å². The largest absolute Gasteiger partial charge is 0.508 e. The maximum Gasteiger partial charge on any atom is 0.344 e. The van der Waals surface area contributed by atoms with Gasteiger partial charge in [-0.3, -0.25) is 28.8 Å². The van der Waals surface area contributed by atoms with Crippen molar-refractivity contribution in [2.45, 2.75) is 64.7 Å². The molecule has 0 radical (unpaired) electrons. The van der Waals surface area contributed by atoms with Crippen LogP contribution in [0.4, 0.5) is 22.0 Å². The van der Waals surface area contributed by atoms with Crippen molar-refractivity contribution in [3.63, 3.8) is 0 Å². The number of rotatable bonds is 16. The van der Waals surface area contributed by atoms with Crippen LogP contribution in [0, 0.1) is 35.0 Å². The lowest BCUT2D eigenvalue weighted by atomic mass is 10.0. The number of Topliss-reactive ketones (excluding diaryl/α,β-unsaturated/α-hetero) is 1. The number of ketones is 1. The number of hydrogen-bond acceptors (Lipinski definition) is 9. The fourth-order valence-electron chi connectivity index (χ4n) is 4.29. The number of phenolic OH excluding ortho intramolecular Hbond substituents is 1. The van der Waals surface area contributed by atoms with E-state index in [0.29, 0.717) is 5.56 Å². The Morgan fingerprint density at radius 1 is 0.720 bits per heavy atom. The van der Waals surface area contributed by atoms with Gasteiger partial charge >= 0.3 is 11.9 Å². The summed E-state index contributed by atoms with van der Waals surface area (Å²) in [7, 11) is 0.